The van der Waals surface area contributed by atoms with Crippen molar-refractivity contribution < 1.29 is 12.4 Å². The van der Waals surface area contributed by atoms with E-state index in [1.807, 2.05) is 12.1 Å². The van der Waals surface area contributed by atoms with E-state index in [9.17, 15) is 0 Å². The molecule has 0 radical (unpaired) electrons. The van der Waals surface area contributed by atoms with E-state index >= 15 is 0 Å². The molecule has 1 heterocycles. The average Bonchev–Trinajstić information content (AvgIpc) is 2.70. The van der Waals surface area contributed by atoms with Crippen LogP contribution in [0.3, 0.4) is 0 Å². The van der Waals surface area contributed by atoms with Crippen molar-refractivity contribution in [2.24, 2.45) is 0 Å². The molecule has 1 aromatic carbocycles. The molecule has 15 heavy (non-hydrogen) atoms. The lowest BCUT2D eigenvalue weighted by Gasteiger charge is -2.13. The SMILES string of the molecule is Nc1ccc(CCN2CCCC2)cc1.[Cl-]. The van der Waals surface area contributed by atoms with Crippen molar-refractivity contribution in [2.45, 2.75) is 19.3 Å². The minimum Gasteiger partial charge on any atom is -1.00 e. The zero-order valence-electron chi connectivity index (χ0n) is 8.95. The molecule has 1 aromatic rings. The Morgan fingerprint density at radius 1 is 1.07 bits per heavy atom. The molecule has 0 spiro atoms. The van der Waals surface area contributed by atoms with Gasteiger partial charge in [0.05, 0.1) is 0 Å². The summed E-state index contributed by atoms with van der Waals surface area (Å²) in [6.45, 7) is 3.77. The second-order valence-electron chi connectivity index (χ2n) is 4.04. The van der Waals surface area contributed by atoms with Gasteiger partial charge in [0.25, 0.3) is 0 Å². The first-order valence-corrected chi connectivity index (χ1v) is 5.41. The number of nitrogen functional groups attached to an aromatic ring is 1. The lowest BCUT2D eigenvalue weighted by atomic mass is 10.1. The molecule has 0 amide bonds. The normalized spacial score (nSPS) is 16.3. The molecule has 0 aromatic heterocycles. The number of nitrogens with two attached hydrogens (primary N) is 1. The Kier molecular flexibility index (Phi) is 4.92. The number of hydrogen-bond acceptors (Lipinski definition) is 2. The van der Waals surface area contributed by atoms with Crippen LogP contribution in [0, 0.1) is 0 Å². The van der Waals surface area contributed by atoms with E-state index in [0.29, 0.717) is 0 Å². The fourth-order valence-corrected chi connectivity index (χ4v) is 1.98. The molecule has 2 rings (SSSR count). The smallest absolute Gasteiger partial charge is 0.0314 e. The highest BCUT2D eigenvalue weighted by Crippen LogP contribution is 2.10. The molecule has 3 heteroatoms. The van der Waals surface area contributed by atoms with Crippen molar-refractivity contribution in [3.63, 3.8) is 0 Å². The topological polar surface area (TPSA) is 29.3 Å². The Labute approximate surface area is 97.9 Å². The molecule has 0 aliphatic carbocycles. The van der Waals surface area contributed by atoms with Crippen molar-refractivity contribution in [3.8, 4) is 0 Å². The number of nitrogens with zero attached hydrogens (tertiary/aromatic N) is 1. The summed E-state index contributed by atoms with van der Waals surface area (Å²) in [4.78, 5) is 2.54. The Hall–Kier alpha value is -0.730. The van der Waals surface area contributed by atoms with E-state index in [4.69, 9.17) is 5.73 Å². The van der Waals surface area contributed by atoms with Crippen LogP contribution in [-0.4, -0.2) is 24.5 Å². The summed E-state index contributed by atoms with van der Waals surface area (Å²) in [7, 11) is 0. The Balaban J connectivity index is 0.00000112. The van der Waals surface area contributed by atoms with Gasteiger partial charge in [-0.3, -0.25) is 0 Å². The largest absolute Gasteiger partial charge is 1.00 e. The zero-order valence-corrected chi connectivity index (χ0v) is 9.71. The van der Waals surface area contributed by atoms with Crippen molar-refractivity contribution in [1.29, 1.82) is 0 Å². The monoisotopic (exact) mass is 225 g/mol. The minimum absolute atomic E-state index is 0. The number of hydrogen-bond donors (Lipinski definition) is 1. The minimum atomic E-state index is 0. The van der Waals surface area contributed by atoms with Crippen LogP contribution in [0.15, 0.2) is 24.3 Å². The van der Waals surface area contributed by atoms with Crippen molar-refractivity contribution in [2.75, 3.05) is 25.4 Å². The number of benzene rings is 1. The van der Waals surface area contributed by atoms with Gasteiger partial charge in [-0.25, -0.2) is 0 Å². The Bertz CT molecular complexity index is 278. The van der Waals surface area contributed by atoms with Gasteiger partial charge >= 0.3 is 0 Å². The van der Waals surface area contributed by atoms with E-state index in [-0.39, 0.29) is 12.4 Å². The van der Waals surface area contributed by atoms with Gasteiger partial charge in [0.15, 0.2) is 0 Å². The maximum Gasteiger partial charge on any atom is 0.0314 e. The molecular weight excluding hydrogens is 208 g/mol. The first kappa shape index (κ1) is 12.3. The first-order valence-electron chi connectivity index (χ1n) is 5.41. The molecule has 1 saturated heterocycles. The molecule has 1 aliphatic heterocycles. The standard InChI is InChI=1S/C12H18N2.ClH/c13-12-5-3-11(4-6-12)7-10-14-8-1-2-9-14;/h3-6H,1-2,7-10,13H2;1H/p-1. The van der Waals surface area contributed by atoms with E-state index in [1.54, 1.807) is 0 Å². The van der Waals surface area contributed by atoms with Gasteiger partial charge in [-0.05, 0) is 50.0 Å². The molecule has 84 valence electrons. The van der Waals surface area contributed by atoms with Gasteiger partial charge in [0.1, 0.15) is 0 Å². The second-order valence-corrected chi connectivity index (χ2v) is 4.04. The molecule has 0 saturated carbocycles. The highest BCUT2D eigenvalue weighted by molar-refractivity contribution is 5.39. The van der Waals surface area contributed by atoms with Crippen LogP contribution < -0.4 is 18.1 Å². The predicted octanol–water partition coefficient (Wildman–Crippen LogP) is -1.09. The Morgan fingerprint density at radius 3 is 2.27 bits per heavy atom. The van der Waals surface area contributed by atoms with E-state index < -0.39 is 0 Å². The number of likely N-dealkylation sites (tertiary alicyclic amines) is 1. The highest BCUT2D eigenvalue weighted by Gasteiger charge is 2.10. The van der Waals surface area contributed by atoms with Gasteiger partial charge in [-0.2, -0.15) is 0 Å². The van der Waals surface area contributed by atoms with Crippen molar-refractivity contribution >= 4 is 5.69 Å². The second kappa shape index (κ2) is 5.99. The molecule has 0 atom stereocenters. The van der Waals surface area contributed by atoms with Gasteiger partial charge in [-0.15, -0.1) is 0 Å². The molecule has 1 fully saturated rings. The van der Waals surface area contributed by atoms with Crippen LogP contribution in [0.1, 0.15) is 18.4 Å². The highest BCUT2D eigenvalue weighted by atomic mass is 35.5. The maximum atomic E-state index is 5.63. The van der Waals surface area contributed by atoms with Crippen LogP contribution in [0.2, 0.25) is 0 Å². The van der Waals surface area contributed by atoms with Crippen LogP contribution in [0.5, 0.6) is 0 Å². The molecule has 0 bridgehead atoms. The van der Waals surface area contributed by atoms with Gasteiger partial charge in [0, 0.05) is 12.2 Å². The maximum absolute atomic E-state index is 5.63. The van der Waals surface area contributed by atoms with Gasteiger partial charge < -0.3 is 23.0 Å². The molecule has 1 aliphatic rings. The number of halogens is 1. The summed E-state index contributed by atoms with van der Waals surface area (Å²) in [5.74, 6) is 0. The van der Waals surface area contributed by atoms with E-state index in [1.165, 1.54) is 38.0 Å². The van der Waals surface area contributed by atoms with Crippen LogP contribution in [-0.2, 0) is 6.42 Å². The lowest BCUT2D eigenvalue weighted by molar-refractivity contribution is -0.00000294. The summed E-state index contributed by atoms with van der Waals surface area (Å²) < 4.78 is 0. The van der Waals surface area contributed by atoms with Gasteiger partial charge in [0.2, 0.25) is 0 Å². The molecule has 2 nitrogen and oxygen atoms in total. The fourth-order valence-electron chi connectivity index (χ4n) is 1.98. The van der Waals surface area contributed by atoms with E-state index in [2.05, 4.69) is 17.0 Å². The van der Waals surface area contributed by atoms with Crippen molar-refractivity contribution in [1.82, 2.24) is 4.90 Å². The molecule has 0 unspecified atom stereocenters. The Morgan fingerprint density at radius 2 is 1.67 bits per heavy atom. The number of anilines is 1. The summed E-state index contributed by atoms with van der Waals surface area (Å²) in [6.07, 6.45) is 3.91. The molecule has 2 N–H and O–H groups in total. The quantitative estimate of drug-likeness (QED) is 0.663. The van der Waals surface area contributed by atoms with Crippen LogP contribution in [0.4, 0.5) is 5.69 Å². The van der Waals surface area contributed by atoms with Crippen molar-refractivity contribution in [3.05, 3.63) is 29.8 Å². The summed E-state index contributed by atoms with van der Waals surface area (Å²) in [5.41, 5.74) is 7.89. The summed E-state index contributed by atoms with van der Waals surface area (Å²) >= 11 is 0. The van der Waals surface area contributed by atoms with Crippen LogP contribution in [0.25, 0.3) is 0 Å². The average molecular weight is 226 g/mol. The van der Waals surface area contributed by atoms with Crippen LogP contribution >= 0.6 is 0 Å². The third-order valence-electron chi connectivity index (χ3n) is 2.90. The third kappa shape index (κ3) is 3.73. The summed E-state index contributed by atoms with van der Waals surface area (Å²) in [5, 5.41) is 0. The number of rotatable bonds is 3. The van der Waals surface area contributed by atoms with E-state index in [0.717, 1.165) is 12.1 Å². The zero-order chi connectivity index (χ0) is 9.80. The van der Waals surface area contributed by atoms with Gasteiger partial charge in [-0.1, -0.05) is 12.1 Å². The molecular formula is C12H18ClN2-. The lowest BCUT2D eigenvalue weighted by Crippen LogP contribution is -3.00. The first-order chi connectivity index (χ1) is 6.84. The fraction of sp³-hybridized carbons (Fsp3) is 0.500. The predicted molar refractivity (Wildman–Crippen MR) is 60.2 cm³/mol. The third-order valence-corrected chi connectivity index (χ3v) is 2.90. The summed E-state index contributed by atoms with van der Waals surface area (Å²) in [6, 6.07) is 8.23.